The largest absolute Gasteiger partial charge is 0.477 e. The molecule has 0 saturated carbocycles. The molecule has 20 heavy (non-hydrogen) atoms. The van der Waals surface area contributed by atoms with Crippen molar-refractivity contribution in [2.75, 3.05) is 4.72 Å². The van der Waals surface area contributed by atoms with Crippen LogP contribution in [0.25, 0.3) is 0 Å². The van der Waals surface area contributed by atoms with E-state index in [1.54, 1.807) is 0 Å². The molecule has 0 atom stereocenters. The fourth-order valence-corrected chi connectivity index (χ4v) is 4.27. The van der Waals surface area contributed by atoms with Crippen molar-refractivity contribution in [3.8, 4) is 0 Å². The molecule has 2 N–H and O–H groups in total. The summed E-state index contributed by atoms with van der Waals surface area (Å²) in [5.41, 5.74) is -0.00342. The third-order valence-electron chi connectivity index (χ3n) is 2.40. The maximum atomic E-state index is 13.4. The molecule has 106 valence electrons. The maximum absolute atomic E-state index is 13.4. The van der Waals surface area contributed by atoms with E-state index in [1.807, 2.05) is 4.72 Å². The van der Waals surface area contributed by atoms with Crippen molar-refractivity contribution in [3.63, 3.8) is 0 Å². The number of hydrogen-bond donors (Lipinski definition) is 2. The first-order valence-electron chi connectivity index (χ1n) is 5.26. The van der Waals surface area contributed by atoms with Gasteiger partial charge in [-0.15, -0.1) is 11.3 Å². The Labute approximate surface area is 118 Å². The van der Waals surface area contributed by atoms with Gasteiger partial charge in [0.05, 0.1) is 11.9 Å². The van der Waals surface area contributed by atoms with Crippen LogP contribution in [0.5, 0.6) is 0 Å². The Bertz CT molecular complexity index is 770. The highest BCUT2D eigenvalue weighted by Crippen LogP contribution is 2.29. The van der Waals surface area contributed by atoms with Crippen LogP contribution < -0.4 is 4.72 Å². The predicted molar refractivity (Wildman–Crippen MR) is 71.0 cm³/mol. The SMILES string of the molecule is Cc1csc(C(=O)O)c1S(=O)(=O)Nc1ccncc1F. The molecule has 0 amide bonds. The van der Waals surface area contributed by atoms with Crippen LogP contribution in [0.1, 0.15) is 15.2 Å². The number of halogens is 1. The first-order valence-corrected chi connectivity index (χ1v) is 7.63. The summed E-state index contributed by atoms with van der Waals surface area (Å²) in [5, 5.41) is 10.4. The molecule has 9 heteroatoms. The van der Waals surface area contributed by atoms with Crippen molar-refractivity contribution < 1.29 is 22.7 Å². The molecule has 6 nitrogen and oxygen atoms in total. The average Bonchev–Trinajstić information content (AvgIpc) is 2.75. The molecule has 2 heterocycles. The quantitative estimate of drug-likeness (QED) is 0.900. The molecule has 0 aliphatic rings. The number of anilines is 1. The first-order chi connectivity index (χ1) is 9.33. The molecule has 2 rings (SSSR count). The van der Waals surface area contributed by atoms with Gasteiger partial charge in [-0.2, -0.15) is 0 Å². The number of pyridine rings is 1. The van der Waals surface area contributed by atoms with Crippen LogP contribution in [0.3, 0.4) is 0 Å². The van der Waals surface area contributed by atoms with E-state index in [2.05, 4.69) is 4.98 Å². The van der Waals surface area contributed by atoms with Gasteiger partial charge in [0.15, 0.2) is 5.82 Å². The van der Waals surface area contributed by atoms with Gasteiger partial charge in [-0.25, -0.2) is 17.6 Å². The number of nitrogens with zero attached hydrogens (tertiary/aromatic N) is 1. The van der Waals surface area contributed by atoms with Crippen molar-refractivity contribution in [2.24, 2.45) is 0 Å². The van der Waals surface area contributed by atoms with E-state index >= 15 is 0 Å². The number of thiophene rings is 1. The lowest BCUT2D eigenvalue weighted by Crippen LogP contribution is -2.17. The number of carboxylic acids is 1. The summed E-state index contributed by atoms with van der Waals surface area (Å²) in [4.78, 5) is 13.9. The molecule has 0 radical (unpaired) electrons. The number of sulfonamides is 1. The molecule has 0 unspecified atom stereocenters. The highest BCUT2D eigenvalue weighted by Gasteiger charge is 2.27. The standard InChI is InChI=1S/C11H9FN2O4S2/c1-6-5-19-9(11(15)16)10(6)20(17,18)14-8-2-3-13-4-7(8)12/h2-5H,1H3,(H,13,14)(H,15,16). The average molecular weight is 316 g/mol. The highest BCUT2D eigenvalue weighted by atomic mass is 32.2. The van der Waals surface area contributed by atoms with Gasteiger partial charge in [-0.1, -0.05) is 0 Å². The van der Waals surface area contributed by atoms with Gasteiger partial charge in [-0.3, -0.25) is 9.71 Å². The maximum Gasteiger partial charge on any atom is 0.347 e. The zero-order chi connectivity index (χ0) is 14.9. The Balaban J connectivity index is 2.49. The molecule has 0 spiro atoms. The summed E-state index contributed by atoms with van der Waals surface area (Å²) in [6, 6.07) is 1.15. The minimum atomic E-state index is -4.19. The van der Waals surface area contributed by atoms with E-state index in [0.717, 1.165) is 23.6 Å². The Morgan fingerprint density at radius 1 is 1.50 bits per heavy atom. The van der Waals surface area contributed by atoms with Crippen molar-refractivity contribution in [1.29, 1.82) is 0 Å². The molecule has 0 saturated heterocycles. The topological polar surface area (TPSA) is 96.4 Å². The third-order valence-corrected chi connectivity index (χ3v) is 5.16. The molecule has 2 aromatic rings. The molecule has 0 aliphatic carbocycles. The number of rotatable bonds is 4. The fourth-order valence-electron chi connectivity index (χ4n) is 1.57. The number of nitrogens with one attached hydrogen (secondary N) is 1. The third kappa shape index (κ3) is 2.63. The summed E-state index contributed by atoms with van der Waals surface area (Å²) < 4.78 is 39.9. The van der Waals surface area contributed by atoms with Crippen LogP contribution in [0.2, 0.25) is 0 Å². The Morgan fingerprint density at radius 2 is 2.20 bits per heavy atom. The van der Waals surface area contributed by atoms with Crippen molar-refractivity contribution in [2.45, 2.75) is 11.8 Å². The minimum Gasteiger partial charge on any atom is -0.477 e. The van der Waals surface area contributed by atoms with Gasteiger partial charge in [-0.05, 0) is 23.9 Å². The van der Waals surface area contributed by atoms with Gasteiger partial charge >= 0.3 is 5.97 Å². The second-order valence-electron chi connectivity index (χ2n) is 3.84. The van der Waals surface area contributed by atoms with E-state index in [9.17, 15) is 17.6 Å². The van der Waals surface area contributed by atoms with E-state index in [4.69, 9.17) is 5.11 Å². The molecule has 0 aromatic carbocycles. The second kappa shape index (κ2) is 5.17. The Morgan fingerprint density at radius 3 is 2.80 bits per heavy atom. The van der Waals surface area contributed by atoms with Gasteiger partial charge in [0, 0.05) is 6.20 Å². The van der Waals surface area contributed by atoms with Crippen molar-refractivity contribution in [3.05, 3.63) is 40.1 Å². The van der Waals surface area contributed by atoms with Crippen LogP contribution in [-0.2, 0) is 10.0 Å². The number of aryl methyl sites for hydroxylation is 1. The van der Waals surface area contributed by atoms with Gasteiger partial charge < -0.3 is 5.11 Å². The fraction of sp³-hybridized carbons (Fsp3) is 0.0909. The summed E-state index contributed by atoms with van der Waals surface area (Å²) in [6.07, 6.45) is 2.08. The Kier molecular flexibility index (Phi) is 3.73. The molecule has 0 fully saturated rings. The minimum absolute atomic E-state index is 0.286. The number of carbonyl (C=O) groups is 1. The lowest BCUT2D eigenvalue weighted by Gasteiger charge is -2.09. The lowest BCUT2D eigenvalue weighted by molar-refractivity contribution is 0.0698. The molecule has 0 bridgehead atoms. The zero-order valence-corrected chi connectivity index (χ0v) is 11.8. The van der Waals surface area contributed by atoms with E-state index in [0.29, 0.717) is 0 Å². The molecular formula is C11H9FN2O4S2. The van der Waals surface area contributed by atoms with Crippen molar-refractivity contribution in [1.82, 2.24) is 4.98 Å². The number of aromatic nitrogens is 1. The van der Waals surface area contributed by atoms with Gasteiger partial charge in [0.2, 0.25) is 0 Å². The van der Waals surface area contributed by atoms with E-state index < -0.39 is 21.8 Å². The van der Waals surface area contributed by atoms with Crippen LogP contribution in [0.15, 0.2) is 28.7 Å². The molecule has 2 aromatic heterocycles. The van der Waals surface area contributed by atoms with Crippen LogP contribution in [0, 0.1) is 12.7 Å². The smallest absolute Gasteiger partial charge is 0.347 e. The number of carboxylic acid groups (broad SMARTS) is 1. The number of aromatic carboxylic acids is 1. The lowest BCUT2D eigenvalue weighted by atomic mass is 10.3. The summed E-state index contributed by atoms with van der Waals surface area (Å²) in [5.74, 6) is -2.19. The Hall–Kier alpha value is -2.00. The zero-order valence-electron chi connectivity index (χ0n) is 10.1. The van der Waals surface area contributed by atoms with Gasteiger partial charge in [0.1, 0.15) is 9.77 Å². The van der Waals surface area contributed by atoms with Crippen molar-refractivity contribution >= 4 is 33.0 Å². The van der Waals surface area contributed by atoms with Crippen LogP contribution in [0.4, 0.5) is 10.1 Å². The van der Waals surface area contributed by atoms with Crippen LogP contribution >= 0.6 is 11.3 Å². The summed E-state index contributed by atoms with van der Waals surface area (Å²) >= 11 is 0.801. The predicted octanol–water partition coefficient (Wildman–Crippen LogP) is 2.09. The first kappa shape index (κ1) is 14.4. The van der Waals surface area contributed by atoms with E-state index in [-0.39, 0.29) is 21.0 Å². The summed E-state index contributed by atoms with van der Waals surface area (Å²) in [6.45, 7) is 1.47. The monoisotopic (exact) mass is 316 g/mol. The van der Waals surface area contributed by atoms with Gasteiger partial charge in [0.25, 0.3) is 10.0 Å². The normalized spacial score (nSPS) is 11.3. The van der Waals surface area contributed by atoms with E-state index in [1.165, 1.54) is 18.5 Å². The van der Waals surface area contributed by atoms with Crippen LogP contribution in [-0.4, -0.2) is 24.5 Å². The molecule has 0 aliphatic heterocycles. The second-order valence-corrected chi connectivity index (χ2v) is 6.34. The highest BCUT2D eigenvalue weighted by molar-refractivity contribution is 7.93. The summed E-state index contributed by atoms with van der Waals surface area (Å²) in [7, 11) is -4.19. The number of hydrogen-bond acceptors (Lipinski definition) is 5. The molecular weight excluding hydrogens is 307 g/mol.